The first kappa shape index (κ1) is 24.1. The van der Waals surface area contributed by atoms with Gasteiger partial charge in [-0.3, -0.25) is 9.59 Å². The normalized spacial score (nSPS) is 15.0. The van der Waals surface area contributed by atoms with Crippen molar-refractivity contribution >= 4 is 17.5 Å². The number of nitrogens with one attached hydrogen (secondary N) is 1. The monoisotopic (exact) mass is 474 g/mol. The van der Waals surface area contributed by atoms with Gasteiger partial charge in [-0.05, 0) is 60.9 Å². The molecule has 7 nitrogen and oxygen atoms in total. The van der Waals surface area contributed by atoms with Crippen molar-refractivity contribution in [3.05, 3.63) is 83.4 Å². The fourth-order valence-electron chi connectivity index (χ4n) is 4.17. The number of ether oxygens (including phenoxy) is 3. The van der Waals surface area contributed by atoms with Gasteiger partial charge in [-0.2, -0.15) is 0 Å². The lowest BCUT2D eigenvalue weighted by Crippen LogP contribution is -2.40. The van der Waals surface area contributed by atoms with E-state index >= 15 is 0 Å². The van der Waals surface area contributed by atoms with Crippen LogP contribution in [0, 0.1) is 0 Å². The van der Waals surface area contributed by atoms with Crippen LogP contribution in [0.5, 0.6) is 17.2 Å². The molecule has 1 aliphatic heterocycles. The fourth-order valence-corrected chi connectivity index (χ4v) is 4.17. The van der Waals surface area contributed by atoms with E-state index in [-0.39, 0.29) is 11.8 Å². The lowest BCUT2D eigenvalue weighted by molar-refractivity contribution is -0.138. The Hall–Kier alpha value is -4.00. The first-order chi connectivity index (χ1) is 17.0. The SMILES string of the molecule is CCC1Oc2ccc(NC(=O)c3cccc(OC)c3)cc2CN(CCc2ccccc2OC)C1=O. The number of anilines is 1. The van der Waals surface area contributed by atoms with Gasteiger partial charge >= 0.3 is 0 Å². The lowest BCUT2D eigenvalue weighted by atomic mass is 10.1. The van der Waals surface area contributed by atoms with E-state index in [0.29, 0.717) is 48.7 Å². The Bertz CT molecular complexity index is 1210. The van der Waals surface area contributed by atoms with E-state index < -0.39 is 6.10 Å². The lowest BCUT2D eigenvalue weighted by Gasteiger charge is -2.23. The quantitative estimate of drug-likeness (QED) is 0.512. The van der Waals surface area contributed by atoms with Crippen LogP contribution in [-0.2, 0) is 17.8 Å². The summed E-state index contributed by atoms with van der Waals surface area (Å²) in [5, 5.41) is 2.93. The molecule has 7 heteroatoms. The Labute approximate surface area is 205 Å². The van der Waals surface area contributed by atoms with Gasteiger partial charge in [0.1, 0.15) is 17.2 Å². The third-order valence-corrected chi connectivity index (χ3v) is 6.08. The van der Waals surface area contributed by atoms with Crippen LogP contribution in [0.2, 0.25) is 0 Å². The molecule has 35 heavy (non-hydrogen) atoms. The molecule has 0 fully saturated rings. The van der Waals surface area contributed by atoms with Gasteiger partial charge in [-0.25, -0.2) is 0 Å². The topological polar surface area (TPSA) is 77.1 Å². The van der Waals surface area contributed by atoms with Crippen molar-refractivity contribution in [3.63, 3.8) is 0 Å². The number of para-hydroxylation sites is 1. The first-order valence-corrected chi connectivity index (χ1v) is 11.7. The van der Waals surface area contributed by atoms with E-state index in [1.807, 2.05) is 48.2 Å². The Morgan fingerprint density at radius 2 is 1.89 bits per heavy atom. The van der Waals surface area contributed by atoms with Crippen LogP contribution in [0.15, 0.2) is 66.7 Å². The van der Waals surface area contributed by atoms with Crippen LogP contribution in [0.4, 0.5) is 5.69 Å². The minimum atomic E-state index is -0.550. The second-order valence-electron chi connectivity index (χ2n) is 8.34. The highest BCUT2D eigenvalue weighted by Gasteiger charge is 2.30. The van der Waals surface area contributed by atoms with E-state index in [4.69, 9.17) is 14.2 Å². The number of nitrogens with zero attached hydrogens (tertiary/aromatic N) is 1. The summed E-state index contributed by atoms with van der Waals surface area (Å²) in [6.45, 7) is 2.86. The number of carbonyl (C=O) groups is 2. The smallest absolute Gasteiger partial charge is 0.263 e. The highest BCUT2D eigenvalue weighted by Crippen LogP contribution is 2.30. The number of amides is 2. The molecular formula is C28H30N2O5. The summed E-state index contributed by atoms with van der Waals surface area (Å²) in [6.07, 6.45) is 0.678. The summed E-state index contributed by atoms with van der Waals surface area (Å²) in [6, 6.07) is 20.3. The van der Waals surface area contributed by atoms with Gasteiger partial charge in [0.05, 0.1) is 14.2 Å². The van der Waals surface area contributed by atoms with E-state index in [1.54, 1.807) is 44.6 Å². The Balaban J connectivity index is 1.54. The standard InChI is InChI=1S/C28H30N2O5/c1-4-24-28(32)30(15-14-19-8-5-6-11-25(19)34-3)18-21-16-22(12-13-26(21)35-24)29-27(31)20-9-7-10-23(17-20)33-2/h5-13,16-17,24H,4,14-15,18H2,1-3H3,(H,29,31). The van der Waals surface area contributed by atoms with Crippen molar-refractivity contribution in [2.75, 3.05) is 26.1 Å². The molecule has 1 heterocycles. The van der Waals surface area contributed by atoms with Crippen LogP contribution < -0.4 is 19.5 Å². The number of hydrogen-bond acceptors (Lipinski definition) is 5. The summed E-state index contributed by atoms with van der Waals surface area (Å²) in [5.41, 5.74) is 3.01. The zero-order valence-electron chi connectivity index (χ0n) is 20.2. The Kier molecular flexibility index (Phi) is 7.55. The summed E-state index contributed by atoms with van der Waals surface area (Å²) in [5.74, 6) is 1.79. The molecule has 0 aromatic heterocycles. The molecular weight excluding hydrogens is 444 g/mol. The maximum atomic E-state index is 13.2. The van der Waals surface area contributed by atoms with Crippen LogP contribution in [0.1, 0.15) is 34.8 Å². The molecule has 3 aromatic carbocycles. The van der Waals surface area contributed by atoms with Gasteiger partial charge in [-0.1, -0.05) is 31.2 Å². The molecule has 1 aliphatic rings. The summed E-state index contributed by atoms with van der Waals surface area (Å²) in [4.78, 5) is 27.8. The first-order valence-electron chi connectivity index (χ1n) is 11.7. The van der Waals surface area contributed by atoms with Gasteiger partial charge in [0.2, 0.25) is 0 Å². The van der Waals surface area contributed by atoms with Crippen molar-refractivity contribution in [3.8, 4) is 17.2 Å². The molecule has 0 spiro atoms. The molecule has 2 amide bonds. The van der Waals surface area contributed by atoms with Gasteiger partial charge in [0, 0.05) is 29.9 Å². The third-order valence-electron chi connectivity index (χ3n) is 6.08. The zero-order valence-corrected chi connectivity index (χ0v) is 20.2. The summed E-state index contributed by atoms with van der Waals surface area (Å²) in [7, 11) is 3.21. The highest BCUT2D eigenvalue weighted by atomic mass is 16.5. The number of hydrogen-bond donors (Lipinski definition) is 1. The van der Waals surface area contributed by atoms with Gasteiger partial charge in [-0.15, -0.1) is 0 Å². The minimum Gasteiger partial charge on any atom is -0.497 e. The van der Waals surface area contributed by atoms with Crippen LogP contribution in [0.3, 0.4) is 0 Å². The molecule has 3 aromatic rings. The van der Waals surface area contributed by atoms with Gasteiger partial charge in [0.15, 0.2) is 6.10 Å². The molecule has 1 atom stereocenters. The zero-order chi connectivity index (χ0) is 24.8. The number of rotatable bonds is 8. The molecule has 1 unspecified atom stereocenters. The second-order valence-corrected chi connectivity index (χ2v) is 8.34. The van der Waals surface area contributed by atoms with E-state index in [2.05, 4.69) is 5.32 Å². The van der Waals surface area contributed by atoms with Gasteiger partial charge < -0.3 is 24.4 Å². The van der Waals surface area contributed by atoms with E-state index in [1.165, 1.54) is 0 Å². The maximum absolute atomic E-state index is 13.2. The minimum absolute atomic E-state index is 0.0411. The molecule has 0 aliphatic carbocycles. The number of methoxy groups -OCH3 is 2. The molecule has 0 saturated heterocycles. The van der Waals surface area contributed by atoms with Crippen LogP contribution in [0.25, 0.3) is 0 Å². The third kappa shape index (κ3) is 5.57. The van der Waals surface area contributed by atoms with E-state index in [9.17, 15) is 9.59 Å². The second kappa shape index (κ2) is 11.0. The number of fused-ring (bicyclic) bond motifs is 1. The average molecular weight is 475 g/mol. The van der Waals surface area contributed by atoms with Crippen molar-refractivity contribution in [2.24, 2.45) is 0 Å². The molecule has 4 rings (SSSR count). The Morgan fingerprint density at radius 3 is 2.66 bits per heavy atom. The van der Waals surface area contributed by atoms with Crippen LogP contribution >= 0.6 is 0 Å². The van der Waals surface area contributed by atoms with E-state index in [0.717, 1.165) is 16.9 Å². The molecule has 1 N–H and O–H groups in total. The van der Waals surface area contributed by atoms with Gasteiger partial charge in [0.25, 0.3) is 11.8 Å². The Morgan fingerprint density at radius 1 is 1.06 bits per heavy atom. The number of carbonyl (C=O) groups excluding carboxylic acids is 2. The summed E-state index contributed by atoms with van der Waals surface area (Å²) >= 11 is 0. The van der Waals surface area contributed by atoms with Crippen molar-refractivity contribution < 1.29 is 23.8 Å². The predicted molar refractivity (Wildman–Crippen MR) is 134 cm³/mol. The predicted octanol–water partition coefficient (Wildman–Crippen LogP) is 4.70. The highest BCUT2D eigenvalue weighted by molar-refractivity contribution is 6.04. The molecule has 0 saturated carbocycles. The summed E-state index contributed by atoms with van der Waals surface area (Å²) < 4.78 is 16.8. The van der Waals surface area contributed by atoms with Crippen molar-refractivity contribution in [1.82, 2.24) is 4.90 Å². The molecule has 182 valence electrons. The largest absolute Gasteiger partial charge is 0.497 e. The van der Waals surface area contributed by atoms with Crippen molar-refractivity contribution in [2.45, 2.75) is 32.4 Å². The van der Waals surface area contributed by atoms with Crippen molar-refractivity contribution in [1.29, 1.82) is 0 Å². The maximum Gasteiger partial charge on any atom is 0.263 e. The molecule has 0 bridgehead atoms. The fraction of sp³-hybridized carbons (Fsp3) is 0.286. The number of benzene rings is 3. The van der Waals surface area contributed by atoms with Crippen LogP contribution in [-0.4, -0.2) is 43.6 Å². The average Bonchev–Trinajstić information content (AvgIpc) is 3.03. The molecule has 0 radical (unpaired) electrons.